The van der Waals surface area contributed by atoms with E-state index in [1.807, 2.05) is 61.7 Å². The van der Waals surface area contributed by atoms with Crippen molar-refractivity contribution in [1.82, 2.24) is 4.57 Å². The Balaban J connectivity index is 1.74. The fourth-order valence-electron chi connectivity index (χ4n) is 4.34. The lowest BCUT2D eigenvalue weighted by molar-refractivity contribution is 0.340. The molecular weight excluding hydrogens is 444 g/mol. The number of ether oxygens (including phenoxy) is 2. The molecule has 0 spiro atoms. The normalized spacial score (nSPS) is 11.1. The lowest BCUT2D eigenvalue weighted by Crippen LogP contribution is -2.01. The van der Waals surface area contributed by atoms with Crippen molar-refractivity contribution in [3.63, 3.8) is 0 Å². The smallest absolute Gasteiger partial charge is 0.144 e. The first-order valence-corrected chi connectivity index (χ1v) is 12.1. The Hall–Kier alpha value is -4.57. The van der Waals surface area contributed by atoms with Crippen LogP contribution in [0.15, 0.2) is 120 Å². The van der Waals surface area contributed by atoms with Crippen LogP contribution < -0.4 is 9.47 Å². The maximum Gasteiger partial charge on any atom is 0.144 e. The maximum absolute atomic E-state index is 5.70. The van der Waals surface area contributed by atoms with Crippen molar-refractivity contribution in [3.05, 3.63) is 121 Å². The molecule has 36 heavy (non-hydrogen) atoms. The molecule has 0 aliphatic rings. The van der Waals surface area contributed by atoms with Crippen molar-refractivity contribution in [3.8, 4) is 39.7 Å². The van der Waals surface area contributed by atoms with E-state index in [2.05, 4.69) is 71.3 Å². The highest BCUT2D eigenvalue weighted by atomic mass is 16.5. The van der Waals surface area contributed by atoms with Crippen LogP contribution in [0.4, 0.5) is 5.69 Å². The molecule has 0 bridgehead atoms. The molecule has 0 aliphatic carbocycles. The highest BCUT2D eigenvalue weighted by Crippen LogP contribution is 2.36. The highest BCUT2D eigenvalue weighted by Gasteiger charge is 2.19. The van der Waals surface area contributed by atoms with Crippen LogP contribution in [0.1, 0.15) is 12.5 Å². The lowest BCUT2D eigenvalue weighted by atomic mass is 10.1. The summed E-state index contributed by atoms with van der Waals surface area (Å²) in [5, 5.41) is 0. The molecule has 4 nitrogen and oxygen atoms in total. The molecule has 0 saturated heterocycles. The van der Waals surface area contributed by atoms with E-state index >= 15 is 0 Å². The van der Waals surface area contributed by atoms with Crippen molar-refractivity contribution >= 4 is 11.9 Å². The zero-order chi connectivity index (χ0) is 24.7. The van der Waals surface area contributed by atoms with Crippen LogP contribution in [-0.2, 0) is 0 Å². The topological polar surface area (TPSA) is 35.8 Å². The van der Waals surface area contributed by atoms with Crippen molar-refractivity contribution in [2.24, 2.45) is 4.99 Å². The molecule has 4 heteroatoms. The van der Waals surface area contributed by atoms with Crippen LogP contribution >= 0.6 is 0 Å². The largest absolute Gasteiger partial charge is 0.494 e. The van der Waals surface area contributed by atoms with Crippen LogP contribution in [0.25, 0.3) is 28.2 Å². The van der Waals surface area contributed by atoms with Gasteiger partial charge >= 0.3 is 0 Å². The predicted octanol–water partition coefficient (Wildman–Crippen LogP) is 7.97. The molecule has 4 aromatic carbocycles. The quantitative estimate of drug-likeness (QED) is 0.215. The molecule has 1 heterocycles. The zero-order valence-electron chi connectivity index (χ0n) is 20.5. The number of aromatic nitrogens is 1. The van der Waals surface area contributed by atoms with Gasteiger partial charge in [-0.05, 0) is 60.5 Å². The molecule has 0 N–H and O–H groups in total. The fraction of sp³-hybridized carbons (Fsp3) is 0.0938. The van der Waals surface area contributed by atoms with E-state index in [1.165, 1.54) is 0 Å². The van der Waals surface area contributed by atoms with Gasteiger partial charge in [0.25, 0.3) is 0 Å². The number of benzene rings is 4. The summed E-state index contributed by atoms with van der Waals surface area (Å²) in [5.74, 6) is 1.60. The van der Waals surface area contributed by atoms with Crippen LogP contribution in [0, 0.1) is 0 Å². The molecule has 5 aromatic rings. The molecule has 0 saturated carbocycles. The van der Waals surface area contributed by atoms with Gasteiger partial charge in [0, 0.05) is 17.5 Å². The molecule has 0 atom stereocenters. The molecular formula is C32H28N2O2. The monoisotopic (exact) mass is 472 g/mol. The third-order valence-corrected chi connectivity index (χ3v) is 5.98. The van der Waals surface area contributed by atoms with Crippen molar-refractivity contribution in [2.75, 3.05) is 13.7 Å². The molecule has 0 fully saturated rings. The van der Waals surface area contributed by atoms with Crippen LogP contribution in [0.2, 0.25) is 0 Å². The number of hydrogen-bond acceptors (Lipinski definition) is 3. The lowest BCUT2D eigenvalue weighted by Gasteiger charge is -2.15. The SMILES string of the molecule is CCOc1ccc(-n2c(-c3ccccc3)cc(C=Nc3ccccc3OC)c2-c2ccccc2)cc1. The molecule has 0 radical (unpaired) electrons. The van der Waals surface area contributed by atoms with Crippen molar-refractivity contribution < 1.29 is 9.47 Å². The van der Waals surface area contributed by atoms with Crippen LogP contribution in [0.5, 0.6) is 11.5 Å². The van der Waals surface area contributed by atoms with Gasteiger partial charge in [0.05, 0.1) is 25.1 Å². The van der Waals surface area contributed by atoms with Crippen LogP contribution in [-0.4, -0.2) is 24.5 Å². The second-order valence-electron chi connectivity index (χ2n) is 8.26. The summed E-state index contributed by atoms with van der Waals surface area (Å²) in [6.07, 6.45) is 1.93. The molecule has 178 valence electrons. The predicted molar refractivity (Wildman–Crippen MR) is 148 cm³/mol. The third kappa shape index (κ3) is 4.80. The van der Waals surface area contributed by atoms with Crippen molar-refractivity contribution in [1.29, 1.82) is 0 Å². The number of hydrogen-bond donors (Lipinski definition) is 0. The summed E-state index contributed by atoms with van der Waals surface area (Å²) in [6, 6.07) is 39.1. The zero-order valence-corrected chi connectivity index (χ0v) is 20.5. The first-order chi connectivity index (χ1) is 17.8. The molecule has 0 amide bonds. The molecule has 1 aromatic heterocycles. The Labute approximate surface area is 212 Å². The summed E-state index contributed by atoms with van der Waals surface area (Å²) in [5.41, 5.74) is 7.23. The maximum atomic E-state index is 5.70. The van der Waals surface area contributed by atoms with Gasteiger partial charge in [0.15, 0.2) is 0 Å². The number of aliphatic imine (C=N–C) groups is 1. The van der Waals surface area contributed by atoms with Gasteiger partial charge in [-0.25, -0.2) is 0 Å². The Morgan fingerprint density at radius 1 is 0.750 bits per heavy atom. The summed E-state index contributed by atoms with van der Waals surface area (Å²) in [4.78, 5) is 4.83. The average Bonchev–Trinajstić information content (AvgIpc) is 3.33. The van der Waals surface area contributed by atoms with Crippen LogP contribution in [0.3, 0.4) is 0 Å². The minimum Gasteiger partial charge on any atom is -0.494 e. The first kappa shape index (κ1) is 23.2. The minimum absolute atomic E-state index is 0.636. The average molecular weight is 473 g/mol. The molecule has 0 unspecified atom stereocenters. The van der Waals surface area contributed by atoms with E-state index < -0.39 is 0 Å². The number of nitrogens with zero attached hydrogens (tertiary/aromatic N) is 2. The van der Waals surface area contributed by atoms with Gasteiger partial charge in [-0.1, -0.05) is 72.8 Å². The van der Waals surface area contributed by atoms with E-state index in [0.717, 1.165) is 51.0 Å². The number of para-hydroxylation sites is 2. The van der Waals surface area contributed by atoms with E-state index in [9.17, 15) is 0 Å². The van der Waals surface area contributed by atoms with Gasteiger partial charge in [-0.3, -0.25) is 4.99 Å². The van der Waals surface area contributed by atoms with E-state index in [4.69, 9.17) is 14.5 Å². The molecule has 5 rings (SSSR count). The number of rotatable bonds is 8. The third-order valence-electron chi connectivity index (χ3n) is 5.98. The van der Waals surface area contributed by atoms with Gasteiger partial charge in [-0.15, -0.1) is 0 Å². The van der Waals surface area contributed by atoms with Gasteiger partial charge in [0.2, 0.25) is 0 Å². The Morgan fingerprint density at radius 3 is 2.06 bits per heavy atom. The summed E-state index contributed by atoms with van der Waals surface area (Å²) >= 11 is 0. The fourth-order valence-corrected chi connectivity index (χ4v) is 4.34. The second-order valence-corrected chi connectivity index (χ2v) is 8.26. The summed E-state index contributed by atoms with van der Waals surface area (Å²) < 4.78 is 13.5. The standard InChI is InChI=1S/C32H28N2O2/c1-3-36-28-20-18-27(19-21-28)34-30(24-12-6-4-7-13-24)22-26(32(34)25-14-8-5-9-15-25)23-33-29-16-10-11-17-31(29)35-2/h4-23H,3H2,1-2H3. The van der Waals surface area contributed by atoms with Gasteiger partial charge in [0.1, 0.15) is 17.2 Å². The summed E-state index contributed by atoms with van der Waals surface area (Å²) in [7, 11) is 1.67. The van der Waals surface area contributed by atoms with E-state index in [0.29, 0.717) is 6.61 Å². The molecule has 0 aliphatic heterocycles. The van der Waals surface area contributed by atoms with E-state index in [-0.39, 0.29) is 0 Å². The Bertz CT molecular complexity index is 1450. The van der Waals surface area contributed by atoms with Gasteiger partial charge < -0.3 is 14.0 Å². The second kappa shape index (κ2) is 10.8. The van der Waals surface area contributed by atoms with E-state index in [1.54, 1.807) is 7.11 Å². The highest BCUT2D eigenvalue weighted by molar-refractivity contribution is 5.95. The first-order valence-electron chi connectivity index (χ1n) is 12.1. The Morgan fingerprint density at radius 2 is 1.39 bits per heavy atom. The van der Waals surface area contributed by atoms with Crippen molar-refractivity contribution in [2.45, 2.75) is 6.92 Å². The number of methoxy groups -OCH3 is 1. The Kier molecular flexibility index (Phi) is 6.95. The van der Waals surface area contributed by atoms with Gasteiger partial charge in [-0.2, -0.15) is 0 Å². The summed E-state index contributed by atoms with van der Waals surface area (Å²) in [6.45, 7) is 2.63. The minimum atomic E-state index is 0.636.